The standard InChI is InChI=1S/C23H26N2O/c1-23(2,3)18-9-10-20-16(11-18)7-8-17(20)13-19(26)12-15-5-4-6-22-21(15)14-24-25-22/h4-6,9-11,14,17H,7-8,12-13H2,1-3H3,(H,24,25). The maximum Gasteiger partial charge on any atom is 0.137 e. The lowest BCUT2D eigenvalue weighted by Gasteiger charge is -2.20. The summed E-state index contributed by atoms with van der Waals surface area (Å²) in [5, 5.41) is 8.13. The number of fused-ring (bicyclic) bond motifs is 2. The van der Waals surface area contributed by atoms with Crippen LogP contribution in [0.5, 0.6) is 0 Å². The molecule has 1 heterocycles. The molecule has 1 aliphatic carbocycles. The van der Waals surface area contributed by atoms with E-state index in [0.29, 0.717) is 24.5 Å². The molecule has 3 nitrogen and oxygen atoms in total. The van der Waals surface area contributed by atoms with E-state index < -0.39 is 0 Å². The summed E-state index contributed by atoms with van der Waals surface area (Å²) >= 11 is 0. The van der Waals surface area contributed by atoms with E-state index in [-0.39, 0.29) is 5.41 Å². The Hall–Kier alpha value is -2.42. The quantitative estimate of drug-likeness (QED) is 0.715. The lowest BCUT2D eigenvalue weighted by molar-refractivity contribution is -0.118. The second kappa shape index (κ2) is 6.39. The first kappa shape index (κ1) is 17.0. The van der Waals surface area contributed by atoms with Crippen LogP contribution in [0.3, 0.4) is 0 Å². The van der Waals surface area contributed by atoms with Gasteiger partial charge in [-0.25, -0.2) is 0 Å². The minimum Gasteiger partial charge on any atom is -0.299 e. The lowest BCUT2D eigenvalue weighted by atomic mass is 9.84. The first-order valence-corrected chi connectivity index (χ1v) is 9.48. The van der Waals surface area contributed by atoms with E-state index in [1.165, 1.54) is 16.7 Å². The number of carbonyl (C=O) groups is 1. The summed E-state index contributed by atoms with van der Waals surface area (Å²) in [5.74, 6) is 0.687. The van der Waals surface area contributed by atoms with Crippen molar-refractivity contribution >= 4 is 16.7 Å². The summed E-state index contributed by atoms with van der Waals surface area (Å²) in [4.78, 5) is 12.7. The second-order valence-electron chi connectivity index (χ2n) is 8.57. The van der Waals surface area contributed by atoms with Crippen LogP contribution in [0.4, 0.5) is 0 Å². The van der Waals surface area contributed by atoms with Crippen LogP contribution >= 0.6 is 0 Å². The minimum absolute atomic E-state index is 0.173. The number of hydrogen-bond acceptors (Lipinski definition) is 2. The van der Waals surface area contributed by atoms with E-state index >= 15 is 0 Å². The van der Waals surface area contributed by atoms with Gasteiger partial charge in [0.25, 0.3) is 0 Å². The number of H-pyrrole nitrogens is 1. The highest BCUT2D eigenvalue weighted by Crippen LogP contribution is 2.38. The van der Waals surface area contributed by atoms with Crippen molar-refractivity contribution in [3.05, 3.63) is 64.8 Å². The molecule has 1 N–H and O–H groups in total. The Labute approximate surface area is 154 Å². The maximum absolute atomic E-state index is 12.7. The Morgan fingerprint density at radius 1 is 1.23 bits per heavy atom. The zero-order valence-corrected chi connectivity index (χ0v) is 15.8. The van der Waals surface area contributed by atoms with Crippen LogP contribution in [-0.4, -0.2) is 16.0 Å². The number of benzene rings is 2. The number of aryl methyl sites for hydroxylation is 1. The van der Waals surface area contributed by atoms with Gasteiger partial charge in [-0.2, -0.15) is 5.10 Å². The molecule has 26 heavy (non-hydrogen) atoms. The average molecular weight is 346 g/mol. The van der Waals surface area contributed by atoms with E-state index in [4.69, 9.17) is 0 Å². The first-order valence-electron chi connectivity index (χ1n) is 9.48. The fraction of sp³-hybridized carbons (Fsp3) is 0.391. The molecule has 4 rings (SSSR count). The molecule has 0 bridgehead atoms. The van der Waals surface area contributed by atoms with E-state index in [2.05, 4.69) is 49.2 Å². The van der Waals surface area contributed by atoms with Gasteiger partial charge in [0.15, 0.2) is 0 Å². The van der Waals surface area contributed by atoms with Crippen LogP contribution in [0, 0.1) is 0 Å². The van der Waals surface area contributed by atoms with Crippen LogP contribution in [0.2, 0.25) is 0 Å². The third kappa shape index (κ3) is 3.18. The van der Waals surface area contributed by atoms with Crippen molar-refractivity contribution in [3.8, 4) is 0 Å². The maximum atomic E-state index is 12.7. The molecule has 0 amide bonds. The third-order valence-corrected chi connectivity index (χ3v) is 5.65. The van der Waals surface area contributed by atoms with E-state index in [9.17, 15) is 4.79 Å². The highest BCUT2D eigenvalue weighted by Gasteiger charge is 2.26. The van der Waals surface area contributed by atoms with Gasteiger partial charge in [0, 0.05) is 18.2 Å². The molecule has 134 valence electrons. The molecule has 1 aliphatic rings. The molecule has 0 saturated heterocycles. The van der Waals surface area contributed by atoms with Crippen LogP contribution < -0.4 is 0 Å². The Balaban J connectivity index is 1.49. The number of carbonyl (C=O) groups excluding carboxylic acids is 1. The minimum atomic E-state index is 0.173. The summed E-state index contributed by atoms with van der Waals surface area (Å²) < 4.78 is 0. The molecular weight excluding hydrogens is 320 g/mol. The van der Waals surface area contributed by atoms with Crippen molar-refractivity contribution in [3.63, 3.8) is 0 Å². The van der Waals surface area contributed by atoms with E-state index in [1.54, 1.807) is 0 Å². The van der Waals surface area contributed by atoms with Crippen LogP contribution in [-0.2, 0) is 23.1 Å². The van der Waals surface area contributed by atoms with Crippen molar-refractivity contribution in [1.82, 2.24) is 10.2 Å². The number of aromatic amines is 1. The van der Waals surface area contributed by atoms with Gasteiger partial charge in [-0.1, -0.05) is 51.1 Å². The fourth-order valence-electron chi connectivity index (χ4n) is 4.13. The molecule has 1 atom stereocenters. The van der Waals surface area contributed by atoms with Crippen LogP contribution in [0.1, 0.15) is 61.8 Å². The Kier molecular flexibility index (Phi) is 4.18. The molecule has 0 radical (unpaired) electrons. The summed E-state index contributed by atoms with van der Waals surface area (Å²) in [5.41, 5.74) is 6.44. The van der Waals surface area contributed by atoms with Crippen molar-refractivity contribution in [2.45, 2.75) is 57.8 Å². The molecule has 3 aromatic rings. The van der Waals surface area contributed by atoms with Crippen molar-refractivity contribution < 1.29 is 4.79 Å². The Bertz CT molecular complexity index is 962. The van der Waals surface area contributed by atoms with Gasteiger partial charge in [0.05, 0.1) is 11.7 Å². The van der Waals surface area contributed by atoms with Crippen molar-refractivity contribution in [2.24, 2.45) is 0 Å². The number of Topliss-reactive ketones (excluding diaryl/α,β-unsaturated/α-hetero) is 1. The van der Waals surface area contributed by atoms with E-state index in [1.807, 2.05) is 24.4 Å². The molecule has 1 unspecified atom stereocenters. The number of ketones is 1. The highest BCUT2D eigenvalue weighted by atomic mass is 16.1. The molecule has 0 aliphatic heterocycles. The van der Waals surface area contributed by atoms with Crippen LogP contribution in [0.25, 0.3) is 10.9 Å². The number of hydrogen-bond donors (Lipinski definition) is 1. The summed E-state index contributed by atoms with van der Waals surface area (Å²) in [6.45, 7) is 6.75. The number of nitrogens with one attached hydrogen (secondary N) is 1. The highest BCUT2D eigenvalue weighted by molar-refractivity contribution is 5.89. The zero-order valence-electron chi connectivity index (χ0n) is 15.8. The Morgan fingerprint density at radius 2 is 2.08 bits per heavy atom. The van der Waals surface area contributed by atoms with Gasteiger partial charge in [0.2, 0.25) is 0 Å². The lowest BCUT2D eigenvalue weighted by Crippen LogP contribution is -2.12. The largest absolute Gasteiger partial charge is 0.299 e. The first-order chi connectivity index (χ1) is 12.4. The summed E-state index contributed by atoms with van der Waals surface area (Å²) in [6.07, 6.45) is 5.12. The smallest absolute Gasteiger partial charge is 0.137 e. The molecule has 0 saturated carbocycles. The summed E-state index contributed by atoms with van der Waals surface area (Å²) in [7, 11) is 0. The molecule has 3 heteroatoms. The SMILES string of the molecule is CC(C)(C)c1ccc2c(c1)CCC2CC(=O)Cc1cccc2[nH]ncc12. The number of nitrogens with zero attached hydrogens (tertiary/aromatic N) is 1. The third-order valence-electron chi connectivity index (χ3n) is 5.65. The van der Waals surface area contributed by atoms with Gasteiger partial charge in [0.1, 0.15) is 5.78 Å². The topological polar surface area (TPSA) is 45.8 Å². The molecular formula is C23H26N2O. The fourth-order valence-corrected chi connectivity index (χ4v) is 4.13. The van der Waals surface area contributed by atoms with Gasteiger partial charge in [-0.15, -0.1) is 0 Å². The van der Waals surface area contributed by atoms with Gasteiger partial charge >= 0.3 is 0 Å². The van der Waals surface area contributed by atoms with E-state index in [0.717, 1.165) is 29.3 Å². The Morgan fingerprint density at radius 3 is 2.88 bits per heavy atom. The molecule has 1 aromatic heterocycles. The van der Waals surface area contributed by atoms with Gasteiger partial charge < -0.3 is 0 Å². The zero-order chi connectivity index (χ0) is 18.3. The van der Waals surface area contributed by atoms with Crippen molar-refractivity contribution in [1.29, 1.82) is 0 Å². The molecule has 0 fully saturated rings. The predicted octanol–water partition coefficient (Wildman–Crippen LogP) is 5.09. The molecule has 2 aromatic carbocycles. The van der Waals surface area contributed by atoms with Crippen LogP contribution in [0.15, 0.2) is 42.6 Å². The normalized spacial score (nSPS) is 16.8. The number of aromatic nitrogens is 2. The van der Waals surface area contributed by atoms with Gasteiger partial charge in [-0.05, 0) is 52.5 Å². The predicted molar refractivity (Wildman–Crippen MR) is 106 cm³/mol. The van der Waals surface area contributed by atoms with Crippen molar-refractivity contribution in [2.75, 3.05) is 0 Å². The summed E-state index contributed by atoms with van der Waals surface area (Å²) in [6, 6.07) is 12.9. The monoisotopic (exact) mass is 346 g/mol. The average Bonchev–Trinajstić information content (AvgIpc) is 3.21. The molecule has 0 spiro atoms. The number of rotatable bonds is 4. The van der Waals surface area contributed by atoms with Gasteiger partial charge in [-0.3, -0.25) is 9.89 Å². The second-order valence-corrected chi connectivity index (χ2v) is 8.57.